The molecule has 2 rings (SSSR count). The van der Waals surface area contributed by atoms with Gasteiger partial charge in [0.2, 0.25) is 11.8 Å². The summed E-state index contributed by atoms with van der Waals surface area (Å²) in [5, 5.41) is 2.84. The summed E-state index contributed by atoms with van der Waals surface area (Å²) in [7, 11) is 3.31. The van der Waals surface area contributed by atoms with Crippen molar-refractivity contribution in [1.29, 1.82) is 0 Å². The highest BCUT2D eigenvalue weighted by atomic mass is 35.5. The van der Waals surface area contributed by atoms with Gasteiger partial charge >= 0.3 is 0 Å². The van der Waals surface area contributed by atoms with Gasteiger partial charge in [-0.1, -0.05) is 17.7 Å². The van der Waals surface area contributed by atoms with Crippen LogP contribution >= 0.6 is 11.6 Å². The molecule has 1 aromatic carbocycles. The van der Waals surface area contributed by atoms with Gasteiger partial charge in [0.05, 0.1) is 17.5 Å². The lowest BCUT2D eigenvalue weighted by Crippen LogP contribution is -2.56. The number of rotatable bonds is 4. The van der Waals surface area contributed by atoms with Crippen LogP contribution < -0.4 is 5.32 Å². The van der Waals surface area contributed by atoms with Gasteiger partial charge in [0.15, 0.2) is 0 Å². The maximum absolute atomic E-state index is 13.5. The third kappa shape index (κ3) is 3.96. The number of halogens is 2. The minimum Gasteiger partial charge on any atom is -0.353 e. The summed E-state index contributed by atoms with van der Waals surface area (Å²) in [6.45, 7) is 1.52. The van der Waals surface area contributed by atoms with E-state index in [0.717, 1.165) is 5.56 Å². The first-order chi connectivity index (χ1) is 10.4. The summed E-state index contributed by atoms with van der Waals surface area (Å²) in [6.07, 6.45) is 0.106. The minimum absolute atomic E-state index is 0.0690. The zero-order valence-electron chi connectivity index (χ0n) is 12.6. The van der Waals surface area contributed by atoms with E-state index in [1.165, 1.54) is 17.0 Å². The SMILES string of the molecule is CN(C)C(=O)C[C@@H]1C(=O)NCCN1Cc1ccc(Cl)c(F)c1. The molecular formula is C15H19ClFN3O2. The van der Waals surface area contributed by atoms with Gasteiger partial charge in [0.25, 0.3) is 0 Å². The van der Waals surface area contributed by atoms with Crippen LogP contribution in [0.4, 0.5) is 4.39 Å². The van der Waals surface area contributed by atoms with E-state index in [0.29, 0.717) is 19.6 Å². The lowest BCUT2D eigenvalue weighted by molar-refractivity contribution is -0.137. The number of hydrogen-bond donors (Lipinski definition) is 1. The highest BCUT2D eigenvalue weighted by Crippen LogP contribution is 2.19. The average Bonchev–Trinajstić information content (AvgIpc) is 2.46. The van der Waals surface area contributed by atoms with Gasteiger partial charge in [-0.2, -0.15) is 0 Å². The molecule has 0 saturated carbocycles. The third-order valence-electron chi connectivity index (χ3n) is 3.68. The monoisotopic (exact) mass is 327 g/mol. The van der Waals surface area contributed by atoms with Crippen molar-refractivity contribution in [2.75, 3.05) is 27.2 Å². The molecule has 1 heterocycles. The Labute approximate surface area is 134 Å². The van der Waals surface area contributed by atoms with Crippen LogP contribution in [0.15, 0.2) is 18.2 Å². The van der Waals surface area contributed by atoms with E-state index >= 15 is 0 Å². The van der Waals surface area contributed by atoms with E-state index in [1.54, 1.807) is 20.2 Å². The Morgan fingerprint density at radius 2 is 2.23 bits per heavy atom. The molecule has 1 aliphatic heterocycles. The van der Waals surface area contributed by atoms with Gasteiger partial charge in [-0.15, -0.1) is 0 Å². The Bertz CT molecular complexity index is 580. The highest BCUT2D eigenvalue weighted by Gasteiger charge is 2.32. The first-order valence-electron chi connectivity index (χ1n) is 7.04. The van der Waals surface area contributed by atoms with Gasteiger partial charge in [-0.3, -0.25) is 14.5 Å². The Balaban J connectivity index is 2.13. The molecule has 1 atom stereocenters. The van der Waals surface area contributed by atoms with Gasteiger partial charge in [-0.25, -0.2) is 4.39 Å². The van der Waals surface area contributed by atoms with E-state index in [1.807, 2.05) is 4.90 Å². The number of nitrogens with zero attached hydrogens (tertiary/aromatic N) is 2. The third-order valence-corrected chi connectivity index (χ3v) is 3.98. The van der Waals surface area contributed by atoms with E-state index in [-0.39, 0.29) is 23.3 Å². The van der Waals surface area contributed by atoms with Crippen LogP contribution in [-0.4, -0.2) is 54.8 Å². The number of carbonyl (C=O) groups is 2. The molecule has 0 radical (unpaired) electrons. The minimum atomic E-state index is -0.539. The Morgan fingerprint density at radius 3 is 2.86 bits per heavy atom. The molecule has 1 saturated heterocycles. The van der Waals surface area contributed by atoms with Crippen LogP contribution in [0.5, 0.6) is 0 Å². The predicted molar refractivity (Wildman–Crippen MR) is 81.9 cm³/mol. The van der Waals surface area contributed by atoms with E-state index < -0.39 is 11.9 Å². The lowest BCUT2D eigenvalue weighted by atomic mass is 10.1. The number of piperazine rings is 1. The first-order valence-corrected chi connectivity index (χ1v) is 7.42. The van der Waals surface area contributed by atoms with E-state index in [4.69, 9.17) is 11.6 Å². The maximum atomic E-state index is 13.5. The zero-order chi connectivity index (χ0) is 16.3. The molecule has 0 aromatic heterocycles. The fraction of sp³-hybridized carbons (Fsp3) is 0.467. The molecular weight excluding hydrogens is 309 g/mol. The molecule has 1 aliphatic rings. The van der Waals surface area contributed by atoms with Crippen LogP contribution in [0.1, 0.15) is 12.0 Å². The van der Waals surface area contributed by atoms with Crippen molar-refractivity contribution in [2.45, 2.75) is 19.0 Å². The van der Waals surface area contributed by atoms with Gasteiger partial charge < -0.3 is 10.2 Å². The molecule has 2 amide bonds. The largest absolute Gasteiger partial charge is 0.353 e. The van der Waals surface area contributed by atoms with E-state index in [2.05, 4.69) is 5.32 Å². The van der Waals surface area contributed by atoms with Gasteiger partial charge in [-0.05, 0) is 17.7 Å². The van der Waals surface area contributed by atoms with Crippen LogP contribution in [0, 0.1) is 5.82 Å². The molecule has 1 fully saturated rings. The van der Waals surface area contributed by atoms with Crippen molar-refractivity contribution < 1.29 is 14.0 Å². The topological polar surface area (TPSA) is 52.7 Å². The average molecular weight is 328 g/mol. The fourth-order valence-electron chi connectivity index (χ4n) is 2.39. The number of nitrogens with one attached hydrogen (secondary N) is 1. The number of benzene rings is 1. The molecule has 5 nitrogen and oxygen atoms in total. The lowest BCUT2D eigenvalue weighted by Gasteiger charge is -2.35. The normalized spacial score (nSPS) is 18.9. The Kier molecular flexibility index (Phi) is 5.37. The quantitative estimate of drug-likeness (QED) is 0.906. The first kappa shape index (κ1) is 16.7. The summed E-state index contributed by atoms with van der Waals surface area (Å²) < 4.78 is 13.5. The van der Waals surface area contributed by atoms with Gasteiger partial charge in [0.1, 0.15) is 5.82 Å². The Hall–Kier alpha value is -1.66. The molecule has 0 spiro atoms. The van der Waals surface area contributed by atoms with Crippen LogP contribution in [0.3, 0.4) is 0 Å². The van der Waals surface area contributed by atoms with Crippen molar-refractivity contribution >= 4 is 23.4 Å². The van der Waals surface area contributed by atoms with Crippen LogP contribution in [-0.2, 0) is 16.1 Å². The molecule has 0 unspecified atom stereocenters. The van der Waals surface area contributed by atoms with Crippen molar-refractivity contribution in [3.63, 3.8) is 0 Å². The van der Waals surface area contributed by atoms with Crippen molar-refractivity contribution in [1.82, 2.24) is 15.1 Å². The summed E-state index contributed by atoms with van der Waals surface area (Å²) >= 11 is 5.68. The summed E-state index contributed by atoms with van der Waals surface area (Å²) in [5.74, 6) is -0.772. The molecule has 22 heavy (non-hydrogen) atoms. The van der Waals surface area contributed by atoms with Crippen molar-refractivity contribution in [3.8, 4) is 0 Å². The van der Waals surface area contributed by atoms with Crippen molar-refractivity contribution in [3.05, 3.63) is 34.6 Å². The predicted octanol–water partition coefficient (Wildman–Crippen LogP) is 1.26. The van der Waals surface area contributed by atoms with Crippen LogP contribution in [0.25, 0.3) is 0 Å². The zero-order valence-corrected chi connectivity index (χ0v) is 13.4. The van der Waals surface area contributed by atoms with Crippen LogP contribution in [0.2, 0.25) is 5.02 Å². The smallest absolute Gasteiger partial charge is 0.237 e. The Morgan fingerprint density at radius 1 is 1.50 bits per heavy atom. The number of carbonyl (C=O) groups excluding carboxylic acids is 2. The summed E-state index contributed by atoms with van der Waals surface area (Å²) in [6, 6.07) is 4.04. The number of hydrogen-bond acceptors (Lipinski definition) is 3. The fourth-order valence-corrected chi connectivity index (χ4v) is 2.51. The van der Waals surface area contributed by atoms with E-state index in [9.17, 15) is 14.0 Å². The number of amides is 2. The molecule has 0 aliphatic carbocycles. The molecule has 1 N–H and O–H groups in total. The molecule has 0 bridgehead atoms. The molecule has 1 aromatic rings. The second-order valence-electron chi connectivity index (χ2n) is 5.52. The second kappa shape index (κ2) is 7.07. The standard InChI is InChI=1S/C15H19ClFN3O2/c1-19(2)14(21)8-13-15(22)18-5-6-20(13)9-10-3-4-11(16)12(17)7-10/h3-4,7,13H,5-6,8-9H2,1-2H3,(H,18,22)/t13-/m1/s1. The molecule has 7 heteroatoms. The molecule has 120 valence electrons. The second-order valence-corrected chi connectivity index (χ2v) is 5.93. The van der Waals surface area contributed by atoms with Gasteiger partial charge in [0, 0.05) is 33.7 Å². The van der Waals surface area contributed by atoms with Crippen molar-refractivity contribution in [2.24, 2.45) is 0 Å². The summed E-state index contributed by atoms with van der Waals surface area (Å²) in [5.41, 5.74) is 0.721. The highest BCUT2D eigenvalue weighted by molar-refractivity contribution is 6.30. The maximum Gasteiger partial charge on any atom is 0.237 e. The summed E-state index contributed by atoms with van der Waals surface area (Å²) in [4.78, 5) is 27.3.